The first kappa shape index (κ1) is 15.8. The van der Waals surface area contributed by atoms with Crippen molar-refractivity contribution in [3.05, 3.63) is 64.8 Å². The van der Waals surface area contributed by atoms with Crippen molar-refractivity contribution in [1.29, 1.82) is 0 Å². The lowest BCUT2D eigenvalue weighted by molar-refractivity contribution is 0.118. The van der Waals surface area contributed by atoms with E-state index in [1.807, 2.05) is 11.7 Å². The van der Waals surface area contributed by atoms with E-state index in [1.165, 1.54) is 27.6 Å². The van der Waals surface area contributed by atoms with Gasteiger partial charge < -0.3 is 4.74 Å². The van der Waals surface area contributed by atoms with Gasteiger partial charge in [-0.05, 0) is 55.5 Å². The molecule has 1 heterocycles. The van der Waals surface area contributed by atoms with Crippen LogP contribution in [-0.2, 0) is 24.8 Å². The summed E-state index contributed by atoms with van der Waals surface area (Å²) in [7, 11) is 1.97. The molecule has 3 heteroatoms. The van der Waals surface area contributed by atoms with E-state index in [2.05, 4.69) is 61.5 Å². The summed E-state index contributed by atoms with van der Waals surface area (Å²) < 4.78 is 7.67. The van der Waals surface area contributed by atoms with Crippen LogP contribution < -0.4 is 0 Å². The molecular weight excluding hydrogens is 284 g/mol. The third-order valence-electron chi connectivity index (χ3n) is 4.20. The summed E-state index contributed by atoms with van der Waals surface area (Å²) in [5.74, 6) is 0. The Morgan fingerprint density at radius 1 is 1.09 bits per heavy atom. The molecule has 0 bridgehead atoms. The van der Waals surface area contributed by atoms with E-state index in [4.69, 9.17) is 4.74 Å². The SMILES string of the molecule is Cc1ccc(COCCCc2cc3cn(C)nc3cc2C)cc1. The molecular formula is C20H24N2O. The van der Waals surface area contributed by atoms with E-state index in [1.54, 1.807) is 0 Å². The Morgan fingerprint density at radius 2 is 1.87 bits per heavy atom. The van der Waals surface area contributed by atoms with Gasteiger partial charge in [0.2, 0.25) is 0 Å². The summed E-state index contributed by atoms with van der Waals surface area (Å²) in [6.45, 7) is 5.75. The first-order valence-corrected chi connectivity index (χ1v) is 8.18. The molecule has 0 amide bonds. The lowest BCUT2D eigenvalue weighted by Crippen LogP contribution is -1.99. The van der Waals surface area contributed by atoms with Gasteiger partial charge in [-0.2, -0.15) is 5.10 Å². The zero-order chi connectivity index (χ0) is 16.2. The smallest absolute Gasteiger partial charge is 0.0926 e. The van der Waals surface area contributed by atoms with E-state index < -0.39 is 0 Å². The van der Waals surface area contributed by atoms with Crippen molar-refractivity contribution in [2.24, 2.45) is 7.05 Å². The lowest BCUT2D eigenvalue weighted by atomic mass is 10.0. The highest BCUT2D eigenvalue weighted by Gasteiger charge is 2.04. The molecule has 0 radical (unpaired) electrons. The second-order valence-corrected chi connectivity index (χ2v) is 6.28. The summed E-state index contributed by atoms with van der Waals surface area (Å²) in [4.78, 5) is 0. The minimum atomic E-state index is 0.695. The minimum Gasteiger partial charge on any atom is -0.377 e. The van der Waals surface area contributed by atoms with Gasteiger partial charge >= 0.3 is 0 Å². The molecule has 0 spiro atoms. The van der Waals surface area contributed by atoms with E-state index in [9.17, 15) is 0 Å². The van der Waals surface area contributed by atoms with Crippen molar-refractivity contribution >= 4 is 10.9 Å². The molecule has 2 aromatic carbocycles. The van der Waals surface area contributed by atoms with Crippen LogP contribution in [0.3, 0.4) is 0 Å². The topological polar surface area (TPSA) is 27.1 Å². The number of benzene rings is 2. The zero-order valence-corrected chi connectivity index (χ0v) is 14.2. The van der Waals surface area contributed by atoms with Crippen LogP contribution in [0.2, 0.25) is 0 Å². The van der Waals surface area contributed by atoms with Gasteiger partial charge in [-0.3, -0.25) is 4.68 Å². The number of nitrogens with zero attached hydrogens (tertiary/aromatic N) is 2. The highest BCUT2D eigenvalue weighted by Crippen LogP contribution is 2.19. The predicted molar refractivity (Wildman–Crippen MR) is 94.6 cm³/mol. The van der Waals surface area contributed by atoms with Crippen LogP contribution in [0.5, 0.6) is 0 Å². The molecule has 120 valence electrons. The van der Waals surface area contributed by atoms with E-state index in [0.29, 0.717) is 6.61 Å². The number of ether oxygens (including phenoxy) is 1. The number of fused-ring (bicyclic) bond motifs is 1. The molecule has 0 saturated carbocycles. The van der Waals surface area contributed by atoms with Crippen molar-refractivity contribution in [2.75, 3.05) is 6.61 Å². The summed E-state index contributed by atoms with van der Waals surface area (Å²) >= 11 is 0. The molecule has 0 atom stereocenters. The molecule has 0 N–H and O–H groups in total. The Morgan fingerprint density at radius 3 is 2.65 bits per heavy atom. The van der Waals surface area contributed by atoms with E-state index in [0.717, 1.165) is 25.0 Å². The molecule has 23 heavy (non-hydrogen) atoms. The normalized spacial score (nSPS) is 11.3. The van der Waals surface area contributed by atoms with Gasteiger partial charge in [-0.1, -0.05) is 29.8 Å². The molecule has 0 saturated heterocycles. The first-order chi connectivity index (χ1) is 11.1. The molecule has 0 aliphatic rings. The maximum absolute atomic E-state index is 5.80. The van der Waals surface area contributed by atoms with Crippen molar-refractivity contribution < 1.29 is 4.74 Å². The maximum Gasteiger partial charge on any atom is 0.0926 e. The van der Waals surface area contributed by atoms with Gasteiger partial charge in [0.05, 0.1) is 12.1 Å². The molecule has 3 aromatic rings. The Hall–Kier alpha value is -2.13. The maximum atomic E-state index is 5.80. The van der Waals surface area contributed by atoms with Gasteiger partial charge in [0.1, 0.15) is 0 Å². The summed E-state index contributed by atoms with van der Waals surface area (Å²) in [5.41, 5.74) is 6.31. The van der Waals surface area contributed by atoms with Crippen LogP contribution in [-0.4, -0.2) is 16.4 Å². The number of hydrogen-bond acceptors (Lipinski definition) is 2. The highest BCUT2D eigenvalue weighted by molar-refractivity contribution is 5.79. The standard InChI is InChI=1S/C20H24N2O/c1-15-6-8-17(9-7-15)14-23-10-4-5-18-12-19-13-22(3)21-20(19)11-16(18)2/h6-9,11-13H,4-5,10,14H2,1-3H3. The Bertz CT molecular complexity index is 787. The van der Waals surface area contributed by atoms with Crippen LogP contribution >= 0.6 is 0 Å². The molecule has 3 rings (SSSR count). The number of aromatic nitrogens is 2. The second-order valence-electron chi connectivity index (χ2n) is 6.28. The van der Waals surface area contributed by atoms with Crippen LogP contribution in [0.25, 0.3) is 10.9 Å². The largest absolute Gasteiger partial charge is 0.377 e. The Kier molecular flexibility index (Phi) is 4.77. The molecule has 0 fully saturated rings. The van der Waals surface area contributed by atoms with E-state index >= 15 is 0 Å². The number of rotatable bonds is 6. The monoisotopic (exact) mass is 308 g/mol. The summed E-state index contributed by atoms with van der Waals surface area (Å²) in [6, 6.07) is 13.0. The molecule has 1 aromatic heterocycles. The number of hydrogen-bond donors (Lipinski definition) is 0. The number of aryl methyl sites for hydroxylation is 4. The summed E-state index contributed by atoms with van der Waals surface area (Å²) in [5, 5.41) is 5.67. The second kappa shape index (κ2) is 6.97. The third kappa shape index (κ3) is 3.99. The molecule has 0 unspecified atom stereocenters. The van der Waals surface area contributed by atoms with Crippen LogP contribution in [0, 0.1) is 13.8 Å². The van der Waals surface area contributed by atoms with Crippen LogP contribution in [0.1, 0.15) is 28.7 Å². The van der Waals surface area contributed by atoms with Gasteiger partial charge in [0.15, 0.2) is 0 Å². The predicted octanol–water partition coefficient (Wildman–Crippen LogP) is 4.34. The van der Waals surface area contributed by atoms with Gasteiger partial charge in [-0.15, -0.1) is 0 Å². The van der Waals surface area contributed by atoms with Crippen molar-refractivity contribution in [1.82, 2.24) is 9.78 Å². The minimum absolute atomic E-state index is 0.695. The fourth-order valence-corrected chi connectivity index (χ4v) is 2.86. The van der Waals surface area contributed by atoms with Crippen molar-refractivity contribution in [3.8, 4) is 0 Å². The van der Waals surface area contributed by atoms with Gasteiger partial charge in [-0.25, -0.2) is 0 Å². The molecule has 0 aliphatic heterocycles. The van der Waals surface area contributed by atoms with Gasteiger partial charge in [0.25, 0.3) is 0 Å². The Balaban J connectivity index is 1.50. The average molecular weight is 308 g/mol. The fourth-order valence-electron chi connectivity index (χ4n) is 2.86. The van der Waals surface area contributed by atoms with E-state index in [-0.39, 0.29) is 0 Å². The Labute approximate surface area is 137 Å². The third-order valence-corrected chi connectivity index (χ3v) is 4.20. The zero-order valence-electron chi connectivity index (χ0n) is 14.2. The average Bonchev–Trinajstić information content (AvgIpc) is 2.88. The quantitative estimate of drug-likeness (QED) is 0.633. The fraction of sp³-hybridized carbons (Fsp3) is 0.350. The summed E-state index contributed by atoms with van der Waals surface area (Å²) in [6.07, 6.45) is 4.16. The van der Waals surface area contributed by atoms with Crippen LogP contribution in [0.4, 0.5) is 0 Å². The lowest BCUT2D eigenvalue weighted by Gasteiger charge is -2.07. The molecule has 0 aliphatic carbocycles. The van der Waals surface area contributed by atoms with Crippen LogP contribution in [0.15, 0.2) is 42.6 Å². The molecule has 3 nitrogen and oxygen atoms in total. The van der Waals surface area contributed by atoms with Gasteiger partial charge in [0, 0.05) is 25.2 Å². The van der Waals surface area contributed by atoms with Crippen molar-refractivity contribution in [3.63, 3.8) is 0 Å². The van der Waals surface area contributed by atoms with Crippen molar-refractivity contribution in [2.45, 2.75) is 33.3 Å². The first-order valence-electron chi connectivity index (χ1n) is 8.18. The highest BCUT2D eigenvalue weighted by atomic mass is 16.5.